The van der Waals surface area contributed by atoms with E-state index in [1.54, 1.807) is 4.90 Å². The Balaban J connectivity index is 0.00000265. The van der Waals surface area contributed by atoms with Crippen LogP contribution in [0.1, 0.15) is 57.9 Å². The van der Waals surface area contributed by atoms with Gasteiger partial charge in [-0.2, -0.15) is 0 Å². The molecule has 1 fully saturated rings. The van der Waals surface area contributed by atoms with E-state index in [9.17, 15) is 24.8 Å². The number of benzene rings is 1. The van der Waals surface area contributed by atoms with Gasteiger partial charge in [0, 0.05) is 6.54 Å². The third kappa shape index (κ3) is 10.2. The van der Waals surface area contributed by atoms with Crippen LogP contribution in [0.3, 0.4) is 0 Å². The first-order valence-corrected chi connectivity index (χ1v) is 11.7. The van der Waals surface area contributed by atoms with E-state index in [-0.39, 0.29) is 18.6 Å². The molecule has 0 saturated carbocycles. The minimum Gasteiger partial charge on any atom is -0.480 e. The summed E-state index contributed by atoms with van der Waals surface area (Å²) in [7, 11) is 0. The summed E-state index contributed by atoms with van der Waals surface area (Å²) in [6.07, 6.45) is 4.10. The predicted molar refractivity (Wildman–Crippen MR) is 125 cm³/mol. The van der Waals surface area contributed by atoms with Crippen molar-refractivity contribution < 1.29 is 24.6 Å². The fraction of sp³-hybridized carbons (Fsp3) is 0.652. The number of rotatable bonds is 14. The molecule has 1 aliphatic rings. The molecule has 1 amide bonds. The second kappa shape index (κ2) is 16.0. The number of nitrogens with one attached hydrogen (secondary N) is 1. The van der Waals surface area contributed by atoms with Crippen LogP contribution in [0.5, 0.6) is 0 Å². The van der Waals surface area contributed by atoms with Gasteiger partial charge in [0.1, 0.15) is 12.6 Å². The molecule has 33 heavy (non-hydrogen) atoms. The second-order valence-corrected chi connectivity index (χ2v) is 7.77. The summed E-state index contributed by atoms with van der Waals surface area (Å²) < 4.78 is 0. The Hall–Kier alpha value is -2.72. The first kappa shape index (κ1) is 28.3. The van der Waals surface area contributed by atoms with Crippen LogP contribution in [0, 0.1) is 10.1 Å². The molecule has 1 aliphatic heterocycles. The van der Waals surface area contributed by atoms with Crippen molar-refractivity contribution in [3.63, 3.8) is 0 Å². The van der Waals surface area contributed by atoms with Gasteiger partial charge in [-0.3, -0.25) is 14.9 Å². The van der Waals surface area contributed by atoms with Crippen molar-refractivity contribution in [2.45, 2.75) is 76.9 Å². The van der Waals surface area contributed by atoms with Gasteiger partial charge in [0.05, 0.1) is 12.1 Å². The molecule has 1 heterocycles. The molecule has 1 aromatic rings. The highest BCUT2D eigenvalue weighted by Crippen LogP contribution is 2.20. The van der Waals surface area contributed by atoms with E-state index < -0.39 is 23.1 Å². The van der Waals surface area contributed by atoms with Gasteiger partial charge in [0.25, 0.3) is 5.09 Å². The first-order valence-electron chi connectivity index (χ1n) is 11.7. The quantitative estimate of drug-likeness (QED) is 0.215. The van der Waals surface area contributed by atoms with Gasteiger partial charge < -0.3 is 20.6 Å². The number of carbonyl (C=O) groups excluding carboxylic acids is 1. The highest BCUT2D eigenvalue weighted by Gasteiger charge is 2.35. The van der Waals surface area contributed by atoms with Crippen LogP contribution in [0.25, 0.3) is 0 Å². The number of nitrogens with two attached hydrogens (primary N) is 1. The minimum atomic E-state index is -1.01. The van der Waals surface area contributed by atoms with Crippen molar-refractivity contribution in [1.82, 2.24) is 10.2 Å². The number of unbranched alkanes of at least 4 members (excludes halogenated alkanes) is 1. The molecule has 3 atom stereocenters. The normalized spacial score (nSPS) is 16.9. The van der Waals surface area contributed by atoms with Crippen molar-refractivity contribution in [1.29, 1.82) is 0 Å². The van der Waals surface area contributed by atoms with Crippen LogP contribution in [0.4, 0.5) is 0 Å². The van der Waals surface area contributed by atoms with Crippen molar-refractivity contribution in [2.24, 2.45) is 5.73 Å². The van der Waals surface area contributed by atoms with Crippen LogP contribution < -0.4 is 11.1 Å². The lowest BCUT2D eigenvalue weighted by Crippen LogP contribution is -2.53. The average Bonchev–Trinajstić information content (AvgIpc) is 3.29. The monoisotopic (exact) mass is 466 g/mol. The van der Waals surface area contributed by atoms with Crippen LogP contribution >= 0.6 is 0 Å². The lowest BCUT2D eigenvalue weighted by atomic mass is 10.0. The van der Waals surface area contributed by atoms with Gasteiger partial charge in [0.2, 0.25) is 5.91 Å². The number of aryl methyl sites for hydroxylation is 1. The number of carbonyl (C=O) groups is 2. The van der Waals surface area contributed by atoms with Crippen LogP contribution in [0.15, 0.2) is 30.3 Å². The molecule has 186 valence electrons. The Bertz CT molecular complexity index is 718. The van der Waals surface area contributed by atoms with Crippen molar-refractivity contribution in [3.8, 4) is 0 Å². The summed E-state index contributed by atoms with van der Waals surface area (Å²) in [6.45, 7) is 4.78. The maximum absolute atomic E-state index is 13.2. The molecule has 3 unspecified atom stereocenters. The van der Waals surface area contributed by atoms with Crippen LogP contribution in [-0.4, -0.2) is 64.8 Å². The van der Waals surface area contributed by atoms with Gasteiger partial charge in [-0.15, -0.1) is 10.1 Å². The SMILES string of the molecule is CC.NCCCCC(NC(CCc1ccccc1)C(=O)O)C(=O)N1CCCC1CO[N+](=O)[O-]. The largest absolute Gasteiger partial charge is 0.480 e. The lowest BCUT2D eigenvalue weighted by molar-refractivity contribution is -0.758. The smallest absolute Gasteiger partial charge is 0.320 e. The highest BCUT2D eigenvalue weighted by atomic mass is 16.9. The Morgan fingerprint density at radius 1 is 1.24 bits per heavy atom. The van der Waals surface area contributed by atoms with Gasteiger partial charge in [-0.05, 0) is 50.6 Å². The summed E-state index contributed by atoms with van der Waals surface area (Å²) in [5.41, 5.74) is 6.60. The van der Waals surface area contributed by atoms with E-state index in [0.29, 0.717) is 45.2 Å². The van der Waals surface area contributed by atoms with Gasteiger partial charge in [-0.25, -0.2) is 0 Å². The molecular weight excluding hydrogens is 428 g/mol. The van der Waals surface area contributed by atoms with E-state index >= 15 is 0 Å². The van der Waals surface area contributed by atoms with E-state index in [2.05, 4.69) is 10.2 Å². The van der Waals surface area contributed by atoms with Crippen molar-refractivity contribution in [3.05, 3.63) is 46.0 Å². The Kier molecular flexibility index (Phi) is 13.7. The Morgan fingerprint density at radius 2 is 1.94 bits per heavy atom. The molecule has 1 saturated heterocycles. The molecule has 10 heteroatoms. The minimum absolute atomic E-state index is 0.176. The average molecular weight is 467 g/mol. The summed E-state index contributed by atoms with van der Waals surface area (Å²) in [4.78, 5) is 41.7. The highest BCUT2D eigenvalue weighted by molar-refractivity contribution is 5.83. The van der Waals surface area contributed by atoms with E-state index in [0.717, 1.165) is 18.4 Å². The standard InChI is InChI=1S/C21H32N4O6.C2H6/c22-13-5-4-10-18(20(26)24-14-6-9-17(24)15-31-25(29)30)23-19(21(27)28)12-11-16-7-2-1-3-8-16;1-2/h1-3,7-8,17-19,23H,4-6,9-15,22H2,(H,27,28);1-2H3. The summed E-state index contributed by atoms with van der Waals surface area (Å²) in [5, 5.41) is 22.4. The molecular formula is C23H38N4O6. The molecule has 0 spiro atoms. The third-order valence-corrected chi connectivity index (χ3v) is 5.54. The number of likely N-dealkylation sites (tertiary alicyclic amines) is 1. The molecule has 4 N–H and O–H groups in total. The zero-order chi connectivity index (χ0) is 24.6. The molecule has 2 rings (SSSR count). The van der Waals surface area contributed by atoms with Crippen LogP contribution in [-0.2, 0) is 20.8 Å². The number of carboxylic acids is 1. The molecule has 0 aliphatic carbocycles. The number of carboxylic acid groups (broad SMARTS) is 1. The summed E-state index contributed by atoms with van der Waals surface area (Å²) >= 11 is 0. The maximum atomic E-state index is 13.2. The molecule has 0 radical (unpaired) electrons. The number of hydrogen-bond donors (Lipinski definition) is 3. The van der Waals surface area contributed by atoms with E-state index in [4.69, 9.17) is 5.73 Å². The molecule has 0 bridgehead atoms. The van der Waals surface area contributed by atoms with Gasteiger partial charge >= 0.3 is 5.97 Å². The lowest BCUT2D eigenvalue weighted by Gasteiger charge is -2.30. The zero-order valence-electron chi connectivity index (χ0n) is 19.7. The zero-order valence-corrected chi connectivity index (χ0v) is 19.7. The predicted octanol–water partition coefficient (Wildman–Crippen LogP) is 2.39. The van der Waals surface area contributed by atoms with Crippen molar-refractivity contribution >= 4 is 11.9 Å². The summed E-state index contributed by atoms with van der Waals surface area (Å²) in [6, 6.07) is 7.61. The topological polar surface area (TPSA) is 148 Å². The van der Waals surface area contributed by atoms with Gasteiger partial charge in [-0.1, -0.05) is 50.6 Å². The van der Waals surface area contributed by atoms with E-state index in [1.807, 2.05) is 44.2 Å². The fourth-order valence-electron chi connectivity index (χ4n) is 3.89. The van der Waals surface area contributed by atoms with E-state index in [1.165, 1.54) is 0 Å². The molecule has 1 aromatic carbocycles. The fourth-order valence-corrected chi connectivity index (χ4v) is 3.89. The Morgan fingerprint density at radius 3 is 2.55 bits per heavy atom. The third-order valence-electron chi connectivity index (χ3n) is 5.54. The number of amides is 1. The number of aliphatic carboxylic acids is 1. The van der Waals surface area contributed by atoms with Crippen molar-refractivity contribution in [2.75, 3.05) is 19.7 Å². The Labute approximate surface area is 195 Å². The molecule has 10 nitrogen and oxygen atoms in total. The first-order chi connectivity index (χ1) is 15.9. The summed E-state index contributed by atoms with van der Waals surface area (Å²) in [5.74, 6) is -1.25. The maximum Gasteiger partial charge on any atom is 0.320 e. The van der Waals surface area contributed by atoms with Gasteiger partial charge in [0.15, 0.2) is 0 Å². The van der Waals surface area contributed by atoms with Crippen LogP contribution in [0.2, 0.25) is 0 Å². The molecule has 0 aromatic heterocycles. The number of hydrogen-bond acceptors (Lipinski definition) is 7. The second-order valence-electron chi connectivity index (χ2n) is 7.77. The number of nitrogens with zero attached hydrogens (tertiary/aromatic N) is 2.